The van der Waals surface area contributed by atoms with Crippen LogP contribution in [0.3, 0.4) is 0 Å². The number of amides is 1. The molecule has 1 heterocycles. The van der Waals surface area contributed by atoms with Crippen LogP contribution in [-0.4, -0.2) is 28.9 Å². The van der Waals surface area contributed by atoms with E-state index in [2.05, 4.69) is 4.98 Å². The van der Waals surface area contributed by atoms with Crippen LogP contribution >= 0.6 is 0 Å². The number of carbonyl (C=O) groups is 1. The lowest BCUT2D eigenvalue weighted by Crippen LogP contribution is -2.37. The van der Waals surface area contributed by atoms with Gasteiger partial charge in [-0.15, -0.1) is 0 Å². The van der Waals surface area contributed by atoms with Crippen LogP contribution in [0.15, 0.2) is 18.3 Å². The zero-order chi connectivity index (χ0) is 12.3. The molecule has 2 N–H and O–H groups in total. The molecule has 0 aromatic carbocycles. The molecule has 4 heteroatoms. The minimum absolute atomic E-state index is 0.0133. The van der Waals surface area contributed by atoms with Crippen molar-refractivity contribution in [2.24, 2.45) is 5.92 Å². The zero-order valence-corrected chi connectivity index (χ0v) is 10.2. The van der Waals surface area contributed by atoms with Gasteiger partial charge >= 0.3 is 0 Å². The maximum absolute atomic E-state index is 12.2. The van der Waals surface area contributed by atoms with Crippen LogP contribution < -0.4 is 5.73 Å². The highest BCUT2D eigenvalue weighted by Crippen LogP contribution is 2.27. The van der Waals surface area contributed by atoms with Gasteiger partial charge in [0, 0.05) is 13.1 Å². The molecule has 0 radical (unpaired) electrons. The number of hydrogen-bond donors (Lipinski definition) is 1. The van der Waals surface area contributed by atoms with Crippen LogP contribution in [0, 0.1) is 5.92 Å². The Morgan fingerprint density at radius 2 is 2.29 bits per heavy atom. The lowest BCUT2D eigenvalue weighted by atomic mass is 9.85. The first-order valence-corrected chi connectivity index (χ1v) is 6.21. The first kappa shape index (κ1) is 11.9. The summed E-state index contributed by atoms with van der Waals surface area (Å²) in [7, 11) is 0. The Morgan fingerprint density at radius 1 is 1.53 bits per heavy atom. The molecular formula is C13H19N3O. The highest BCUT2D eigenvalue weighted by atomic mass is 16.2. The summed E-state index contributed by atoms with van der Waals surface area (Å²) in [4.78, 5) is 18.1. The summed E-state index contributed by atoms with van der Waals surface area (Å²) in [6, 6.07) is 3.42. The average Bonchev–Trinajstić information content (AvgIpc) is 2.28. The normalized spacial score (nSPS) is 15.4. The molecule has 4 nitrogen and oxygen atoms in total. The third-order valence-electron chi connectivity index (χ3n) is 3.38. The second-order valence-corrected chi connectivity index (χ2v) is 4.62. The molecule has 0 bridgehead atoms. The Balaban J connectivity index is 2.02. The topological polar surface area (TPSA) is 59.2 Å². The van der Waals surface area contributed by atoms with Crippen molar-refractivity contribution < 1.29 is 4.79 Å². The second kappa shape index (κ2) is 5.17. The molecular weight excluding hydrogens is 214 g/mol. The maximum Gasteiger partial charge on any atom is 0.272 e. The highest BCUT2D eigenvalue weighted by Gasteiger charge is 2.23. The van der Waals surface area contributed by atoms with Gasteiger partial charge in [0.15, 0.2) is 0 Å². The van der Waals surface area contributed by atoms with E-state index in [9.17, 15) is 4.79 Å². The molecule has 0 saturated heterocycles. The van der Waals surface area contributed by atoms with Gasteiger partial charge in [-0.25, -0.2) is 4.98 Å². The van der Waals surface area contributed by atoms with Crippen molar-refractivity contribution in [1.82, 2.24) is 9.88 Å². The van der Waals surface area contributed by atoms with E-state index in [-0.39, 0.29) is 5.91 Å². The van der Waals surface area contributed by atoms with Gasteiger partial charge in [0.2, 0.25) is 0 Å². The number of anilines is 1. The van der Waals surface area contributed by atoms with Crippen LogP contribution in [-0.2, 0) is 0 Å². The third kappa shape index (κ3) is 2.75. The van der Waals surface area contributed by atoms with Crippen molar-refractivity contribution in [3.63, 3.8) is 0 Å². The Kier molecular flexibility index (Phi) is 3.61. The van der Waals surface area contributed by atoms with E-state index in [4.69, 9.17) is 5.73 Å². The fourth-order valence-electron chi connectivity index (χ4n) is 2.04. The largest absolute Gasteiger partial charge is 0.397 e. The Labute approximate surface area is 102 Å². The Bertz CT molecular complexity index is 384. The van der Waals surface area contributed by atoms with Gasteiger partial charge < -0.3 is 10.6 Å². The molecule has 1 amide bonds. The Morgan fingerprint density at radius 3 is 2.76 bits per heavy atom. The van der Waals surface area contributed by atoms with E-state index < -0.39 is 0 Å². The molecule has 0 spiro atoms. The number of pyridine rings is 1. The minimum Gasteiger partial charge on any atom is -0.397 e. The predicted molar refractivity (Wildman–Crippen MR) is 67.6 cm³/mol. The first-order valence-electron chi connectivity index (χ1n) is 6.21. The van der Waals surface area contributed by atoms with Crippen molar-refractivity contribution in [2.75, 3.05) is 18.8 Å². The molecule has 1 saturated carbocycles. The van der Waals surface area contributed by atoms with Crippen LogP contribution in [0.1, 0.15) is 36.7 Å². The molecule has 1 fully saturated rings. The molecule has 0 atom stereocenters. The van der Waals surface area contributed by atoms with Gasteiger partial charge in [-0.1, -0.05) is 6.42 Å². The SMILES string of the molecule is CCN(CC1CCC1)C(=O)c1ccc(N)cn1. The van der Waals surface area contributed by atoms with Gasteiger partial charge in [0.25, 0.3) is 5.91 Å². The van der Waals surface area contributed by atoms with Gasteiger partial charge in [-0.3, -0.25) is 4.79 Å². The number of nitrogens with two attached hydrogens (primary N) is 1. The summed E-state index contributed by atoms with van der Waals surface area (Å²) in [5.74, 6) is 0.701. The molecule has 1 aliphatic carbocycles. The summed E-state index contributed by atoms with van der Waals surface area (Å²) in [6.07, 6.45) is 5.33. The standard InChI is InChI=1S/C13H19N3O/c1-2-16(9-10-4-3-5-10)13(17)12-7-6-11(14)8-15-12/h6-8,10H,2-5,9,14H2,1H3. The van der Waals surface area contributed by atoms with E-state index in [1.54, 1.807) is 12.1 Å². The monoisotopic (exact) mass is 233 g/mol. The van der Waals surface area contributed by atoms with Gasteiger partial charge in [-0.05, 0) is 37.8 Å². The van der Waals surface area contributed by atoms with Gasteiger partial charge in [-0.2, -0.15) is 0 Å². The molecule has 0 unspecified atom stereocenters. The summed E-state index contributed by atoms with van der Waals surface area (Å²) in [6.45, 7) is 3.61. The van der Waals surface area contributed by atoms with E-state index in [0.717, 1.165) is 13.1 Å². The molecule has 17 heavy (non-hydrogen) atoms. The summed E-state index contributed by atoms with van der Waals surface area (Å²) < 4.78 is 0. The van der Waals surface area contributed by atoms with Crippen molar-refractivity contribution >= 4 is 11.6 Å². The summed E-state index contributed by atoms with van der Waals surface area (Å²) in [5, 5.41) is 0. The molecule has 1 aliphatic rings. The fourth-order valence-corrected chi connectivity index (χ4v) is 2.04. The maximum atomic E-state index is 12.2. The highest BCUT2D eigenvalue weighted by molar-refractivity contribution is 5.92. The molecule has 2 rings (SSSR count). The minimum atomic E-state index is 0.0133. The number of carbonyl (C=O) groups excluding carboxylic acids is 1. The second-order valence-electron chi connectivity index (χ2n) is 4.62. The summed E-state index contributed by atoms with van der Waals surface area (Å²) in [5.41, 5.74) is 6.63. The third-order valence-corrected chi connectivity index (χ3v) is 3.38. The molecule has 1 aromatic rings. The van der Waals surface area contributed by atoms with Crippen LogP contribution in [0.5, 0.6) is 0 Å². The number of nitrogen functional groups attached to an aromatic ring is 1. The first-order chi connectivity index (χ1) is 8.20. The number of nitrogens with zero attached hydrogens (tertiary/aromatic N) is 2. The fraction of sp³-hybridized carbons (Fsp3) is 0.538. The van der Waals surface area contributed by atoms with E-state index in [1.807, 2.05) is 11.8 Å². The summed E-state index contributed by atoms with van der Waals surface area (Å²) >= 11 is 0. The Hall–Kier alpha value is -1.58. The van der Waals surface area contributed by atoms with E-state index in [0.29, 0.717) is 17.3 Å². The average molecular weight is 233 g/mol. The van der Waals surface area contributed by atoms with Crippen molar-refractivity contribution in [2.45, 2.75) is 26.2 Å². The van der Waals surface area contributed by atoms with Crippen LogP contribution in [0.25, 0.3) is 0 Å². The van der Waals surface area contributed by atoms with Crippen molar-refractivity contribution in [3.8, 4) is 0 Å². The lowest BCUT2D eigenvalue weighted by Gasteiger charge is -2.31. The quantitative estimate of drug-likeness (QED) is 0.864. The predicted octanol–water partition coefficient (Wildman–Crippen LogP) is 1.93. The zero-order valence-electron chi connectivity index (χ0n) is 10.2. The lowest BCUT2D eigenvalue weighted by molar-refractivity contribution is 0.0700. The number of hydrogen-bond acceptors (Lipinski definition) is 3. The van der Waals surface area contributed by atoms with E-state index >= 15 is 0 Å². The molecule has 1 aromatic heterocycles. The molecule has 92 valence electrons. The van der Waals surface area contributed by atoms with Crippen LogP contribution in [0.4, 0.5) is 5.69 Å². The van der Waals surface area contributed by atoms with Gasteiger partial charge in [0.05, 0.1) is 11.9 Å². The van der Waals surface area contributed by atoms with Crippen molar-refractivity contribution in [1.29, 1.82) is 0 Å². The number of rotatable bonds is 4. The van der Waals surface area contributed by atoms with E-state index in [1.165, 1.54) is 25.5 Å². The van der Waals surface area contributed by atoms with Crippen LogP contribution in [0.2, 0.25) is 0 Å². The number of aromatic nitrogens is 1. The molecule has 0 aliphatic heterocycles. The van der Waals surface area contributed by atoms with Crippen molar-refractivity contribution in [3.05, 3.63) is 24.0 Å². The van der Waals surface area contributed by atoms with Gasteiger partial charge in [0.1, 0.15) is 5.69 Å². The smallest absolute Gasteiger partial charge is 0.272 e.